The van der Waals surface area contributed by atoms with Gasteiger partial charge in [-0.05, 0) is 0 Å². The molecule has 2 aromatic heterocycles. The minimum atomic E-state index is -2.77. The highest BCUT2D eigenvalue weighted by Gasteiger charge is 2.65. The predicted octanol–water partition coefficient (Wildman–Crippen LogP) is 2.15. The Morgan fingerprint density at radius 3 is 2.55 bits per heavy atom. The standard InChI is InChI=1S/C18H28N4O5SSi/c1-17(2,3)29(18(4,5)6)25-8-9-12(27-29)11(23)14(26-9)22-13-10(28-16(22)24)7-20-15(19)21-13/h7,9,11-12,14,23H,8H2,1-6H3,(H2,19,20,21). The van der Waals surface area contributed by atoms with E-state index in [4.69, 9.17) is 19.3 Å². The van der Waals surface area contributed by atoms with Gasteiger partial charge in [0.15, 0.2) is 11.9 Å². The first kappa shape index (κ1) is 20.9. The van der Waals surface area contributed by atoms with Crippen molar-refractivity contribution in [2.24, 2.45) is 0 Å². The summed E-state index contributed by atoms with van der Waals surface area (Å²) >= 11 is 0.990. The molecule has 0 radical (unpaired) electrons. The third kappa shape index (κ3) is 3.06. The van der Waals surface area contributed by atoms with Crippen molar-refractivity contribution in [1.82, 2.24) is 14.5 Å². The second-order valence-electron chi connectivity index (χ2n) is 9.72. The van der Waals surface area contributed by atoms with Crippen LogP contribution < -0.4 is 10.6 Å². The molecule has 0 amide bonds. The molecule has 2 aliphatic heterocycles. The lowest BCUT2D eigenvalue weighted by molar-refractivity contribution is -0.0798. The zero-order chi connectivity index (χ0) is 21.4. The molecular formula is C18H28N4O5SSi. The number of aromatic nitrogens is 3. The van der Waals surface area contributed by atoms with Crippen molar-refractivity contribution >= 4 is 36.2 Å². The first-order chi connectivity index (χ1) is 13.4. The van der Waals surface area contributed by atoms with Gasteiger partial charge >= 0.3 is 13.4 Å². The van der Waals surface area contributed by atoms with E-state index >= 15 is 0 Å². The van der Waals surface area contributed by atoms with E-state index in [1.807, 2.05) is 0 Å². The second kappa shape index (κ2) is 6.56. The molecule has 2 aliphatic rings. The molecule has 2 saturated heterocycles. The Bertz CT molecular complexity index is 981. The summed E-state index contributed by atoms with van der Waals surface area (Å²) in [5.41, 5.74) is 6.06. The number of thiazole rings is 1. The van der Waals surface area contributed by atoms with E-state index < -0.39 is 33.1 Å². The number of aliphatic hydroxyl groups is 1. The van der Waals surface area contributed by atoms with E-state index in [1.165, 1.54) is 10.8 Å². The number of anilines is 1. The highest BCUT2D eigenvalue weighted by atomic mass is 32.1. The molecule has 0 saturated carbocycles. The number of ether oxygens (including phenoxy) is 1. The molecule has 0 spiro atoms. The van der Waals surface area contributed by atoms with Gasteiger partial charge in [0.1, 0.15) is 18.3 Å². The van der Waals surface area contributed by atoms with Crippen LogP contribution in [0, 0.1) is 0 Å². The highest BCUT2D eigenvalue weighted by Crippen LogP contribution is 2.55. The second-order valence-corrected chi connectivity index (χ2v) is 15.5. The van der Waals surface area contributed by atoms with Gasteiger partial charge in [-0.2, -0.15) is 4.98 Å². The summed E-state index contributed by atoms with van der Waals surface area (Å²) < 4.78 is 21.0. The van der Waals surface area contributed by atoms with Crippen LogP contribution in [0.15, 0.2) is 11.0 Å². The molecule has 0 bridgehead atoms. The molecule has 4 rings (SSSR count). The van der Waals surface area contributed by atoms with E-state index in [9.17, 15) is 9.90 Å². The van der Waals surface area contributed by atoms with Crippen LogP contribution in [0.1, 0.15) is 47.8 Å². The van der Waals surface area contributed by atoms with Crippen LogP contribution in [-0.2, 0) is 13.6 Å². The lowest BCUT2D eigenvalue weighted by atomic mass is 10.1. The van der Waals surface area contributed by atoms with E-state index in [0.717, 1.165) is 11.3 Å². The summed E-state index contributed by atoms with van der Waals surface area (Å²) in [6.07, 6.45) is -1.51. The van der Waals surface area contributed by atoms with Crippen molar-refractivity contribution in [2.75, 3.05) is 12.3 Å². The normalized spacial score (nSPS) is 29.9. The zero-order valence-electron chi connectivity index (χ0n) is 17.5. The average molecular weight is 441 g/mol. The fourth-order valence-electron chi connectivity index (χ4n) is 4.62. The Labute approximate surface area is 174 Å². The minimum absolute atomic E-state index is 0.0559. The number of fused-ring (bicyclic) bond motifs is 2. The van der Waals surface area contributed by atoms with Gasteiger partial charge in [0.05, 0.1) is 17.5 Å². The third-order valence-corrected chi connectivity index (χ3v) is 11.7. The SMILES string of the molecule is CC(C)(C)[Si]1(C(C)(C)C)OCC2OC(n3c(=O)sc4cnc(N)nc43)C(O)C2O1. The Kier molecular flexibility index (Phi) is 4.72. The Hall–Kier alpha value is -1.37. The summed E-state index contributed by atoms with van der Waals surface area (Å²) in [6, 6.07) is 0. The van der Waals surface area contributed by atoms with Crippen LogP contribution in [0.5, 0.6) is 0 Å². The molecule has 2 aromatic rings. The van der Waals surface area contributed by atoms with Gasteiger partial charge in [-0.25, -0.2) is 4.98 Å². The molecule has 4 heterocycles. The van der Waals surface area contributed by atoms with Gasteiger partial charge in [0, 0.05) is 10.1 Å². The number of hydrogen-bond acceptors (Lipinski definition) is 9. The fraction of sp³-hybridized carbons (Fsp3) is 0.722. The number of nitrogens with two attached hydrogens (primary N) is 1. The lowest BCUT2D eigenvalue weighted by Crippen LogP contribution is -2.65. The van der Waals surface area contributed by atoms with Crippen molar-refractivity contribution in [3.05, 3.63) is 15.9 Å². The van der Waals surface area contributed by atoms with Gasteiger partial charge in [0.2, 0.25) is 5.95 Å². The maximum Gasteiger partial charge on any atom is 0.349 e. The molecule has 0 aromatic carbocycles. The Morgan fingerprint density at radius 2 is 1.93 bits per heavy atom. The molecule has 2 fully saturated rings. The van der Waals surface area contributed by atoms with Gasteiger partial charge in [0.25, 0.3) is 0 Å². The minimum Gasteiger partial charge on any atom is -0.391 e. The number of nitrogens with zero attached hydrogens (tertiary/aromatic N) is 3. The van der Waals surface area contributed by atoms with Crippen LogP contribution in [0.3, 0.4) is 0 Å². The first-order valence-corrected chi connectivity index (χ1v) is 12.3. The molecule has 9 nitrogen and oxygen atoms in total. The zero-order valence-corrected chi connectivity index (χ0v) is 19.3. The van der Waals surface area contributed by atoms with Crippen molar-refractivity contribution in [3.63, 3.8) is 0 Å². The average Bonchev–Trinajstić information content (AvgIpc) is 3.08. The summed E-state index contributed by atoms with van der Waals surface area (Å²) in [4.78, 5) is 20.5. The summed E-state index contributed by atoms with van der Waals surface area (Å²) in [5.74, 6) is 0.0559. The van der Waals surface area contributed by atoms with Gasteiger partial charge in [-0.3, -0.25) is 9.36 Å². The summed E-state index contributed by atoms with van der Waals surface area (Å²) in [7, 11) is -2.77. The van der Waals surface area contributed by atoms with Gasteiger partial charge < -0.3 is 24.4 Å². The molecule has 4 unspecified atom stereocenters. The van der Waals surface area contributed by atoms with Crippen LogP contribution in [0.4, 0.5) is 5.95 Å². The number of hydrogen-bond donors (Lipinski definition) is 2. The van der Waals surface area contributed by atoms with Gasteiger partial charge in [-0.15, -0.1) is 0 Å². The van der Waals surface area contributed by atoms with E-state index in [1.54, 1.807) is 0 Å². The number of nitrogen functional groups attached to an aromatic ring is 1. The number of aliphatic hydroxyl groups excluding tert-OH is 1. The molecular weight excluding hydrogens is 412 g/mol. The van der Waals surface area contributed by atoms with Crippen molar-refractivity contribution in [3.8, 4) is 0 Å². The van der Waals surface area contributed by atoms with Crippen LogP contribution >= 0.6 is 11.3 Å². The molecule has 160 valence electrons. The molecule has 3 N–H and O–H groups in total. The summed E-state index contributed by atoms with van der Waals surface area (Å²) in [6.45, 7) is 13.0. The monoisotopic (exact) mass is 440 g/mol. The van der Waals surface area contributed by atoms with E-state index in [0.29, 0.717) is 17.0 Å². The summed E-state index contributed by atoms with van der Waals surface area (Å²) in [5, 5.41) is 10.7. The van der Waals surface area contributed by atoms with Crippen molar-refractivity contribution < 1.29 is 18.7 Å². The fourth-order valence-corrected chi connectivity index (χ4v) is 10.4. The molecule has 0 aliphatic carbocycles. The Morgan fingerprint density at radius 1 is 1.28 bits per heavy atom. The maximum absolute atomic E-state index is 12.7. The molecule has 29 heavy (non-hydrogen) atoms. The van der Waals surface area contributed by atoms with Crippen LogP contribution in [0.2, 0.25) is 10.1 Å². The van der Waals surface area contributed by atoms with Crippen LogP contribution in [-0.4, -0.2) is 53.1 Å². The quantitative estimate of drug-likeness (QED) is 0.647. The lowest BCUT2D eigenvalue weighted by Gasteiger charge is -2.53. The highest BCUT2D eigenvalue weighted by molar-refractivity contribution is 7.16. The van der Waals surface area contributed by atoms with E-state index in [-0.39, 0.29) is 20.9 Å². The van der Waals surface area contributed by atoms with Crippen LogP contribution in [0.25, 0.3) is 10.3 Å². The maximum atomic E-state index is 12.7. The van der Waals surface area contributed by atoms with Crippen molar-refractivity contribution in [1.29, 1.82) is 0 Å². The van der Waals surface area contributed by atoms with Crippen molar-refractivity contribution in [2.45, 2.75) is 76.2 Å². The smallest absolute Gasteiger partial charge is 0.349 e. The number of rotatable bonds is 1. The molecule has 4 atom stereocenters. The largest absolute Gasteiger partial charge is 0.391 e. The Balaban J connectivity index is 1.73. The topological polar surface area (TPSA) is 122 Å². The first-order valence-electron chi connectivity index (χ1n) is 9.64. The third-order valence-electron chi connectivity index (χ3n) is 5.67. The van der Waals surface area contributed by atoms with E-state index in [2.05, 4.69) is 51.5 Å². The van der Waals surface area contributed by atoms with Gasteiger partial charge in [-0.1, -0.05) is 52.9 Å². The predicted molar refractivity (Wildman–Crippen MR) is 112 cm³/mol. The molecule has 11 heteroatoms.